The zero-order valence-corrected chi connectivity index (χ0v) is 15.0. The standard InChI is InChI=1S/C17H26ClFN2O2/c1-5-6-15(11-21-16(22)23-17(2,3)4)20-10-12-7-13(18)9-14(19)8-12/h7-9,15,20H,5-6,10-11H2,1-4H3,(H,21,22). The Hall–Kier alpha value is -1.33. The van der Waals surface area contributed by atoms with Crippen molar-refractivity contribution in [2.24, 2.45) is 0 Å². The zero-order valence-electron chi connectivity index (χ0n) is 14.2. The molecule has 0 aliphatic carbocycles. The van der Waals surface area contributed by atoms with Gasteiger partial charge in [0.05, 0.1) is 0 Å². The number of nitrogens with one attached hydrogen (secondary N) is 2. The van der Waals surface area contributed by atoms with Crippen molar-refractivity contribution in [1.82, 2.24) is 10.6 Å². The number of amides is 1. The van der Waals surface area contributed by atoms with Gasteiger partial charge in [0.1, 0.15) is 11.4 Å². The monoisotopic (exact) mass is 344 g/mol. The third-order valence-corrected chi connectivity index (χ3v) is 3.26. The van der Waals surface area contributed by atoms with Crippen LogP contribution in [0.25, 0.3) is 0 Å². The van der Waals surface area contributed by atoms with Crippen molar-refractivity contribution in [2.75, 3.05) is 6.54 Å². The molecule has 0 spiro atoms. The highest BCUT2D eigenvalue weighted by Crippen LogP contribution is 2.14. The summed E-state index contributed by atoms with van der Waals surface area (Å²) in [4.78, 5) is 11.7. The Labute approximate surface area is 142 Å². The number of halogens is 2. The fourth-order valence-electron chi connectivity index (χ4n) is 2.12. The van der Waals surface area contributed by atoms with Gasteiger partial charge in [-0.1, -0.05) is 24.9 Å². The van der Waals surface area contributed by atoms with E-state index in [1.165, 1.54) is 12.1 Å². The fourth-order valence-corrected chi connectivity index (χ4v) is 2.37. The molecule has 0 aliphatic heterocycles. The molecule has 0 aromatic heterocycles. The van der Waals surface area contributed by atoms with Gasteiger partial charge in [-0.15, -0.1) is 0 Å². The van der Waals surface area contributed by atoms with Crippen molar-refractivity contribution < 1.29 is 13.9 Å². The molecule has 0 aliphatic rings. The largest absolute Gasteiger partial charge is 0.444 e. The first-order valence-corrected chi connectivity index (χ1v) is 8.22. The molecule has 4 nitrogen and oxygen atoms in total. The number of benzene rings is 1. The minimum atomic E-state index is -0.518. The maximum Gasteiger partial charge on any atom is 0.407 e. The molecule has 23 heavy (non-hydrogen) atoms. The van der Waals surface area contributed by atoms with Gasteiger partial charge in [-0.05, 0) is 51.0 Å². The lowest BCUT2D eigenvalue weighted by molar-refractivity contribution is 0.0521. The Morgan fingerprint density at radius 1 is 1.35 bits per heavy atom. The van der Waals surface area contributed by atoms with E-state index in [0.29, 0.717) is 18.1 Å². The van der Waals surface area contributed by atoms with E-state index in [2.05, 4.69) is 17.6 Å². The molecular formula is C17H26ClFN2O2. The van der Waals surface area contributed by atoms with Crippen LogP contribution in [0.5, 0.6) is 0 Å². The van der Waals surface area contributed by atoms with Gasteiger partial charge in [0.2, 0.25) is 0 Å². The highest BCUT2D eigenvalue weighted by Gasteiger charge is 2.17. The first kappa shape index (κ1) is 19.7. The summed E-state index contributed by atoms with van der Waals surface area (Å²) >= 11 is 5.85. The lowest BCUT2D eigenvalue weighted by atomic mass is 10.1. The molecule has 2 N–H and O–H groups in total. The number of ether oxygens (including phenoxy) is 1. The quantitative estimate of drug-likeness (QED) is 0.777. The number of rotatable bonds is 7. The minimum Gasteiger partial charge on any atom is -0.444 e. The van der Waals surface area contributed by atoms with Crippen LogP contribution in [-0.2, 0) is 11.3 Å². The van der Waals surface area contributed by atoms with Crippen LogP contribution < -0.4 is 10.6 Å². The molecular weight excluding hydrogens is 319 g/mol. The molecule has 1 atom stereocenters. The summed E-state index contributed by atoms with van der Waals surface area (Å²) in [5.41, 5.74) is 0.254. The van der Waals surface area contributed by atoms with E-state index in [1.54, 1.807) is 6.07 Å². The first-order chi connectivity index (χ1) is 10.7. The highest BCUT2D eigenvalue weighted by molar-refractivity contribution is 6.30. The van der Waals surface area contributed by atoms with E-state index in [1.807, 2.05) is 20.8 Å². The van der Waals surface area contributed by atoms with Gasteiger partial charge < -0.3 is 15.4 Å². The second kappa shape index (κ2) is 9.08. The van der Waals surface area contributed by atoms with Crippen LogP contribution in [0, 0.1) is 5.82 Å². The average molecular weight is 345 g/mol. The van der Waals surface area contributed by atoms with Crippen LogP contribution in [0.4, 0.5) is 9.18 Å². The molecule has 0 heterocycles. The van der Waals surface area contributed by atoms with Crippen molar-refractivity contribution in [1.29, 1.82) is 0 Å². The summed E-state index contributed by atoms with van der Waals surface area (Å²) < 4.78 is 18.5. The van der Waals surface area contributed by atoms with Crippen molar-refractivity contribution in [3.05, 3.63) is 34.6 Å². The Morgan fingerprint density at radius 3 is 2.61 bits per heavy atom. The Kier molecular flexibility index (Phi) is 7.79. The average Bonchev–Trinajstić information content (AvgIpc) is 2.39. The predicted octanol–water partition coefficient (Wildman–Crippen LogP) is 4.26. The second-order valence-electron chi connectivity index (χ2n) is 6.53. The summed E-state index contributed by atoms with van der Waals surface area (Å²) in [5.74, 6) is -0.353. The number of hydrogen-bond donors (Lipinski definition) is 2. The zero-order chi connectivity index (χ0) is 17.5. The van der Waals surface area contributed by atoms with E-state index in [9.17, 15) is 9.18 Å². The van der Waals surface area contributed by atoms with Gasteiger partial charge in [0, 0.05) is 24.2 Å². The fraction of sp³-hybridized carbons (Fsp3) is 0.588. The van der Waals surface area contributed by atoms with Gasteiger partial charge in [0.25, 0.3) is 0 Å². The number of hydrogen-bond acceptors (Lipinski definition) is 3. The SMILES string of the molecule is CCCC(CNC(=O)OC(C)(C)C)NCc1cc(F)cc(Cl)c1. The van der Waals surface area contributed by atoms with Crippen LogP contribution in [0.3, 0.4) is 0 Å². The lowest BCUT2D eigenvalue weighted by Crippen LogP contribution is -2.42. The maximum atomic E-state index is 13.3. The summed E-state index contributed by atoms with van der Waals surface area (Å²) in [7, 11) is 0. The van der Waals surface area contributed by atoms with E-state index < -0.39 is 11.7 Å². The molecule has 0 fully saturated rings. The Bertz CT molecular complexity index is 498. The molecule has 1 amide bonds. The highest BCUT2D eigenvalue weighted by atomic mass is 35.5. The smallest absolute Gasteiger partial charge is 0.407 e. The summed E-state index contributed by atoms with van der Waals surface area (Å²) in [6.45, 7) is 8.47. The molecule has 130 valence electrons. The van der Waals surface area contributed by atoms with E-state index in [4.69, 9.17) is 16.3 Å². The van der Waals surface area contributed by atoms with Crippen molar-refractivity contribution in [3.8, 4) is 0 Å². The van der Waals surface area contributed by atoms with Gasteiger partial charge in [-0.25, -0.2) is 9.18 Å². The van der Waals surface area contributed by atoms with Gasteiger partial charge in [-0.3, -0.25) is 0 Å². The normalized spacial score (nSPS) is 12.8. The molecule has 1 rings (SSSR count). The molecule has 0 radical (unpaired) electrons. The van der Waals surface area contributed by atoms with E-state index in [-0.39, 0.29) is 11.9 Å². The van der Waals surface area contributed by atoms with Crippen LogP contribution in [0.2, 0.25) is 5.02 Å². The van der Waals surface area contributed by atoms with E-state index in [0.717, 1.165) is 18.4 Å². The summed E-state index contributed by atoms with van der Waals surface area (Å²) in [6, 6.07) is 4.53. The van der Waals surface area contributed by atoms with Gasteiger partial charge >= 0.3 is 6.09 Å². The van der Waals surface area contributed by atoms with Crippen molar-refractivity contribution in [2.45, 2.75) is 58.7 Å². The Morgan fingerprint density at radius 2 is 2.04 bits per heavy atom. The van der Waals surface area contributed by atoms with Gasteiger partial charge in [-0.2, -0.15) is 0 Å². The number of alkyl carbamates (subject to hydrolysis) is 1. The molecule has 0 saturated carbocycles. The predicted molar refractivity (Wildman–Crippen MR) is 91.2 cm³/mol. The van der Waals surface area contributed by atoms with Crippen molar-refractivity contribution in [3.63, 3.8) is 0 Å². The third-order valence-electron chi connectivity index (χ3n) is 3.05. The van der Waals surface area contributed by atoms with E-state index >= 15 is 0 Å². The van der Waals surface area contributed by atoms with Crippen LogP contribution in [-0.4, -0.2) is 24.3 Å². The maximum absolute atomic E-state index is 13.3. The van der Waals surface area contributed by atoms with Gasteiger partial charge in [0.15, 0.2) is 0 Å². The van der Waals surface area contributed by atoms with Crippen LogP contribution in [0.1, 0.15) is 46.1 Å². The number of carbonyl (C=O) groups is 1. The molecule has 0 bridgehead atoms. The summed E-state index contributed by atoms with van der Waals surface area (Å²) in [5, 5.41) is 6.45. The van der Waals surface area contributed by atoms with Crippen molar-refractivity contribution >= 4 is 17.7 Å². The van der Waals surface area contributed by atoms with Crippen LogP contribution >= 0.6 is 11.6 Å². The topological polar surface area (TPSA) is 50.4 Å². The molecule has 1 aromatic carbocycles. The molecule has 6 heteroatoms. The second-order valence-corrected chi connectivity index (χ2v) is 6.96. The Balaban J connectivity index is 2.50. The van der Waals surface area contributed by atoms with Crippen LogP contribution in [0.15, 0.2) is 18.2 Å². The third kappa shape index (κ3) is 8.77. The lowest BCUT2D eigenvalue weighted by Gasteiger charge is -2.22. The number of carbonyl (C=O) groups excluding carboxylic acids is 1. The minimum absolute atomic E-state index is 0.0783. The first-order valence-electron chi connectivity index (χ1n) is 7.85. The molecule has 1 unspecified atom stereocenters. The summed E-state index contributed by atoms with van der Waals surface area (Å²) in [6.07, 6.45) is 1.42. The molecule has 1 aromatic rings. The molecule has 0 saturated heterocycles.